The molecule has 1 saturated heterocycles. The van der Waals surface area contributed by atoms with Crippen LogP contribution in [0, 0.1) is 10.1 Å². The summed E-state index contributed by atoms with van der Waals surface area (Å²) in [5.74, 6) is -0.138. The summed E-state index contributed by atoms with van der Waals surface area (Å²) in [5, 5.41) is 10.9. The molecule has 9 nitrogen and oxygen atoms in total. The molecule has 0 unspecified atom stereocenters. The van der Waals surface area contributed by atoms with E-state index in [-0.39, 0.29) is 23.0 Å². The van der Waals surface area contributed by atoms with E-state index < -0.39 is 16.7 Å². The van der Waals surface area contributed by atoms with Gasteiger partial charge >= 0.3 is 0 Å². The lowest BCUT2D eigenvalue weighted by molar-refractivity contribution is -0.384. The van der Waals surface area contributed by atoms with Crippen LogP contribution in [0.2, 0.25) is 0 Å². The minimum absolute atomic E-state index is 0.00208. The quantitative estimate of drug-likeness (QED) is 0.174. The van der Waals surface area contributed by atoms with Crippen molar-refractivity contribution in [1.29, 1.82) is 0 Å². The second-order valence-electron chi connectivity index (χ2n) is 7.03. The number of hydrogen-bond donors (Lipinski definition) is 0. The van der Waals surface area contributed by atoms with Crippen molar-refractivity contribution in [3.8, 4) is 11.5 Å². The third-order valence-corrected chi connectivity index (χ3v) is 6.08. The van der Waals surface area contributed by atoms with E-state index >= 15 is 0 Å². The average molecular weight is 534 g/mol. The first-order chi connectivity index (χ1) is 15.6. The normalized spacial score (nSPS) is 13.9. The molecule has 0 saturated carbocycles. The molecule has 172 valence electrons. The second-order valence-corrected chi connectivity index (χ2v) is 8.25. The van der Waals surface area contributed by atoms with Gasteiger partial charge in [0, 0.05) is 30.7 Å². The van der Waals surface area contributed by atoms with Gasteiger partial charge in [0.2, 0.25) is 0 Å². The highest BCUT2D eigenvalue weighted by molar-refractivity contribution is 9.10. The molecular formula is C22H20BrN3O6S. The summed E-state index contributed by atoms with van der Waals surface area (Å²) in [6.45, 7) is 2.34. The lowest BCUT2D eigenvalue weighted by atomic mass is 10.1. The molecule has 2 aromatic rings. The van der Waals surface area contributed by atoms with E-state index in [2.05, 4.69) is 15.9 Å². The Bertz CT molecular complexity index is 1140. The van der Waals surface area contributed by atoms with E-state index in [1.54, 1.807) is 24.3 Å². The molecule has 0 N–H and O–H groups in total. The van der Waals surface area contributed by atoms with Crippen LogP contribution >= 0.6 is 28.1 Å². The van der Waals surface area contributed by atoms with Gasteiger partial charge in [0.05, 0.1) is 11.5 Å². The average Bonchev–Trinajstić information content (AvgIpc) is 2.80. The lowest BCUT2D eigenvalue weighted by Gasteiger charge is -2.31. The summed E-state index contributed by atoms with van der Waals surface area (Å²) in [6.07, 6.45) is 1.48. The van der Waals surface area contributed by atoms with Crippen LogP contribution in [0.1, 0.15) is 18.1 Å². The summed E-state index contributed by atoms with van der Waals surface area (Å²) < 4.78 is 12.2. The Kier molecular flexibility index (Phi) is 7.44. The highest BCUT2D eigenvalue weighted by Crippen LogP contribution is 2.36. The van der Waals surface area contributed by atoms with Crippen LogP contribution in [0.4, 0.5) is 5.69 Å². The largest absolute Gasteiger partial charge is 0.490 e. The summed E-state index contributed by atoms with van der Waals surface area (Å²) in [4.78, 5) is 38.1. The SMILES string of the molecule is CCOc1cc(C=C2C(=O)N(C)C(=S)N(C)C2=O)c(Br)cc1OCc1ccc([N+](=O)[O-])cc1. The number of rotatable bonds is 7. The van der Waals surface area contributed by atoms with Gasteiger partial charge in [-0.3, -0.25) is 29.5 Å². The van der Waals surface area contributed by atoms with Crippen molar-refractivity contribution in [2.75, 3.05) is 20.7 Å². The topological polar surface area (TPSA) is 102 Å². The van der Waals surface area contributed by atoms with Gasteiger partial charge in [0.1, 0.15) is 12.2 Å². The van der Waals surface area contributed by atoms with Crippen molar-refractivity contribution in [3.63, 3.8) is 0 Å². The van der Waals surface area contributed by atoms with Crippen LogP contribution in [0.25, 0.3) is 6.08 Å². The highest BCUT2D eigenvalue weighted by Gasteiger charge is 2.35. The monoisotopic (exact) mass is 533 g/mol. The van der Waals surface area contributed by atoms with Crippen molar-refractivity contribution in [2.45, 2.75) is 13.5 Å². The van der Waals surface area contributed by atoms with Crippen LogP contribution in [-0.2, 0) is 16.2 Å². The van der Waals surface area contributed by atoms with Crippen LogP contribution in [0.15, 0.2) is 46.4 Å². The number of carbonyl (C=O) groups is 2. The van der Waals surface area contributed by atoms with E-state index in [0.717, 1.165) is 5.56 Å². The third-order valence-electron chi connectivity index (χ3n) is 4.85. The van der Waals surface area contributed by atoms with Gasteiger partial charge in [-0.15, -0.1) is 0 Å². The van der Waals surface area contributed by atoms with Crippen molar-refractivity contribution in [3.05, 3.63) is 67.7 Å². The Labute approximate surface area is 203 Å². The fourth-order valence-electron chi connectivity index (χ4n) is 3.05. The Morgan fingerprint density at radius 1 is 1.06 bits per heavy atom. The Hall–Kier alpha value is -3.31. The number of benzene rings is 2. The maximum Gasteiger partial charge on any atom is 0.269 e. The minimum atomic E-state index is -0.494. The fourth-order valence-corrected chi connectivity index (χ4v) is 3.65. The van der Waals surface area contributed by atoms with Gasteiger partial charge in [-0.2, -0.15) is 0 Å². The molecule has 2 amide bonds. The Balaban J connectivity index is 1.90. The molecule has 33 heavy (non-hydrogen) atoms. The van der Waals surface area contributed by atoms with Crippen molar-refractivity contribution >= 4 is 56.8 Å². The van der Waals surface area contributed by atoms with Crippen molar-refractivity contribution in [1.82, 2.24) is 9.80 Å². The number of halogens is 1. The number of ether oxygens (including phenoxy) is 2. The van der Waals surface area contributed by atoms with Crippen molar-refractivity contribution < 1.29 is 24.0 Å². The number of likely N-dealkylation sites (N-methyl/N-ethyl adjacent to an activating group) is 2. The van der Waals surface area contributed by atoms with Crippen LogP contribution in [0.5, 0.6) is 11.5 Å². The molecule has 3 rings (SSSR count). The molecule has 1 aliphatic heterocycles. The molecule has 2 aromatic carbocycles. The van der Waals surface area contributed by atoms with Crippen LogP contribution < -0.4 is 9.47 Å². The number of nitro groups is 1. The first kappa shape index (κ1) is 24.3. The molecule has 1 fully saturated rings. The zero-order valence-electron chi connectivity index (χ0n) is 18.0. The van der Waals surface area contributed by atoms with E-state index in [4.69, 9.17) is 21.7 Å². The molecule has 0 aliphatic carbocycles. The number of thiocarbonyl (C=S) groups is 1. The van der Waals surface area contributed by atoms with Gasteiger partial charge in [0.25, 0.3) is 17.5 Å². The molecule has 0 aromatic heterocycles. The Morgan fingerprint density at radius 3 is 2.18 bits per heavy atom. The van der Waals surface area contributed by atoms with Gasteiger partial charge < -0.3 is 9.47 Å². The summed E-state index contributed by atoms with van der Waals surface area (Å²) >= 11 is 8.58. The number of nitro benzene ring substituents is 1. The molecule has 0 atom stereocenters. The smallest absolute Gasteiger partial charge is 0.269 e. The molecule has 0 radical (unpaired) electrons. The maximum atomic E-state index is 12.6. The van der Waals surface area contributed by atoms with E-state index in [1.807, 2.05) is 6.92 Å². The zero-order chi connectivity index (χ0) is 24.3. The van der Waals surface area contributed by atoms with E-state index in [1.165, 1.54) is 42.1 Å². The van der Waals surface area contributed by atoms with Gasteiger partial charge in [-0.1, -0.05) is 15.9 Å². The molecule has 1 heterocycles. The molecule has 0 spiro atoms. The van der Waals surface area contributed by atoms with Crippen LogP contribution in [0.3, 0.4) is 0 Å². The number of carbonyl (C=O) groups excluding carboxylic acids is 2. The first-order valence-electron chi connectivity index (χ1n) is 9.78. The van der Waals surface area contributed by atoms with Gasteiger partial charge in [-0.25, -0.2) is 0 Å². The molecular weight excluding hydrogens is 514 g/mol. The highest BCUT2D eigenvalue weighted by atomic mass is 79.9. The predicted octanol–water partition coefficient (Wildman–Crippen LogP) is 3.93. The predicted molar refractivity (Wildman–Crippen MR) is 129 cm³/mol. The third kappa shape index (κ3) is 5.20. The first-order valence-corrected chi connectivity index (χ1v) is 11.0. The molecule has 0 bridgehead atoms. The lowest BCUT2D eigenvalue weighted by Crippen LogP contribution is -2.52. The Morgan fingerprint density at radius 2 is 1.64 bits per heavy atom. The standard InChI is InChI=1S/C22H20BrN3O6S/c1-4-31-18-10-14(9-16-20(27)24(2)22(33)25(3)21(16)28)17(23)11-19(18)32-12-13-5-7-15(8-6-13)26(29)30/h5-11H,4,12H2,1-3H3. The van der Waals surface area contributed by atoms with Gasteiger partial charge in [-0.05, 0) is 60.6 Å². The number of nitrogens with zero attached hydrogens (tertiary/aromatic N) is 3. The van der Waals surface area contributed by atoms with E-state index in [0.29, 0.717) is 28.1 Å². The second kappa shape index (κ2) is 10.1. The summed E-state index contributed by atoms with van der Waals surface area (Å²) in [5.41, 5.74) is 1.26. The molecule has 11 heteroatoms. The maximum absolute atomic E-state index is 12.6. The number of amides is 2. The van der Waals surface area contributed by atoms with Gasteiger partial charge in [0.15, 0.2) is 16.6 Å². The number of non-ortho nitro benzene ring substituents is 1. The zero-order valence-corrected chi connectivity index (χ0v) is 20.4. The summed E-state index contributed by atoms with van der Waals surface area (Å²) in [6, 6.07) is 9.39. The van der Waals surface area contributed by atoms with Crippen LogP contribution in [-0.4, -0.2) is 52.4 Å². The van der Waals surface area contributed by atoms with E-state index in [9.17, 15) is 19.7 Å². The molecule has 1 aliphatic rings. The number of hydrogen-bond acceptors (Lipinski definition) is 7. The minimum Gasteiger partial charge on any atom is -0.490 e. The summed E-state index contributed by atoms with van der Waals surface area (Å²) in [7, 11) is 3.02. The van der Waals surface area contributed by atoms with Crippen molar-refractivity contribution in [2.24, 2.45) is 0 Å². The fraction of sp³-hybridized carbons (Fsp3) is 0.227.